The Labute approximate surface area is 101 Å². The van der Waals surface area contributed by atoms with Gasteiger partial charge in [-0.05, 0) is 19.3 Å². The minimum absolute atomic E-state index is 0.0200. The Balaban J connectivity index is 2.07. The standard InChI is InChI=1S/C12H18N4O/c1-2-3-6-16(9-4-5-9)12(17)10-7-15-11(13)8-14-10/h7-9H,2-6H2,1H3,(H2,13,15). The van der Waals surface area contributed by atoms with Crippen LogP contribution in [0.3, 0.4) is 0 Å². The lowest BCUT2D eigenvalue weighted by molar-refractivity contribution is 0.0734. The topological polar surface area (TPSA) is 72.1 Å². The molecular weight excluding hydrogens is 216 g/mol. The second-order valence-corrected chi connectivity index (χ2v) is 4.41. The van der Waals surface area contributed by atoms with Gasteiger partial charge in [0.15, 0.2) is 0 Å². The molecular formula is C12H18N4O. The van der Waals surface area contributed by atoms with Gasteiger partial charge in [0.2, 0.25) is 0 Å². The number of rotatable bonds is 5. The van der Waals surface area contributed by atoms with Crippen molar-refractivity contribution in [3.63, 3.8) is 0 Å². The van der Waals surface area contributed by atoms with E-state index in [1.165, 1.54) is 12.4 Å². The van der Waals surface area contributed by atoms with Gasteiger partial charge in [0.25, 0.3) is 5.91 Å². The molecule has 1 aliphatic rings. The molecule has 1 fully saturated rings. The number of anilines is 1. The van der Waals surface area contributed by atoms with E-state index in [0.717, 1.165) is 32.2 Å². The third-order valence-corrected chi connectivity index (χ3v) is 2.89. The Morgan fingerprint density at radius 3 is 2.76 bits per heavy atom. The summed E-state index contributed by atoms with van der Waals surface area (Å²) in [6.45, 7) is 2.94. The molecule has 5 heteroatoms. The first kappa shape index (κ1) is 11.8. The molecule has 0 bridgehead atoms. The van der Waals surface area contributed by atoms with Gasteiger partial charge in [0.1, 0.15) is 11.5 Å². The first-order valence-corrected chi connectivity index (χ1v) is 6.11. The zero-order valence-corrected chi connectivity index (χ0v) is 10.1. The van der Waals surface area contributed by atoms with Gasteiger partial charge < -0.3 is 10.6 Å². The molecule has 1 aliphatic carbocycles. The fourth-order valence-electron chi connectivity index (χ4n) is 1.76. The van der Waals surface area contributed by atoms with Crippen molar-refractivity contribution in [1.29, 1.82) is 0 Å². The summed E-state index contributed by atoms with van der Waals surface area (Å²) in [6, 6.07) is 0.411. The predicted molar refractivity (Wildman–Crippen MR) is 65.4 cm³/mol. The summed E-state index contributed by atoms with van der Waals surface area (Å²) in [5, 5.41) is 0. The summed E-state index contributed by atoms with van der Waals surface area (Å²) in [5.41, 5.74) is 5.85. The molecule has 1 aromatic heterocycles. The van der Waals surface area contributed by atoms with E-state index in [0.29, 0.717) is 17.6 Å². The van der Waals surface area contributed by atoms with Crippen molar-refractivity contribution in [2.45, 2.75) is 38.6 Å². The summed E-state index contributed by atoms with van der Waals surface area (Å²) in [7, 11) is 0. The van der Waals surface area contributed by atoms with Gasteiger partial charge in [-0.15, -0.1) is 0 Å². The number of amides is 1. The lowest BCUT2D eigenvalue weighted by Crippen LogP contribution is -2.34. The van der Waals surface area contributed by atoms with E-state index in [1.807, 2.05) is 4.90 Å². The third kappa shape index (κ3) is 2.93. The van der Waals surface area contributed by atoms with Gasteiger partial charge in [0.05, 0.1) is 12.4 Å². The van der Waals surface area contributed by atoms with E-state index in [9.17, 15) is 4.79 Å². The van der Waals surface area contributed by atoms with Crippen molar-refractivity contribution in [2.24, 2.45) is 0 Å². The first-order chi connectivity index (χ1) is 8.22. The average Bonchev–Trinajstić information content (AvgIpc) is 3.14. The lowest BCUT2D eigenvalue weighted by Gasteiger charge is -2.21. The van der Waals surface area contributed by atoms with E-state index in [1.54, 1.807) is 0 Å². The lowest BCUT2D eigenvalue weighted by atomic mass is 10.3. The van der Waals surface area contributed by atoms with Crippen LogP contribution in [0.1, 0.15) is 43.1 Å². The Morgan fingerprint density at radius 2 is 2.24 bits per heavy atom. The summed E-state index contributed by atoms with van der Waals surface area (Å²) in [5.74, 6) is 0.321. The van der Waals surface area contributed by atoms with Crippen LogP contribution in [-0.4, -0.2) is 33.4 Å². The fourth-order valence-corrected chi connectivity index (χ4v) is 1.76. The van der Waals surface area contributed by atoms with Crippen molar-refractivity contribution < 1.29 is 4.79 Å². The number of nitrogens with zero attached hydrogens (tertiary/aromatic N) is 3. The van der Waals surface area contributed by atoms with Crippen LogP contribution in [0, 0.1) is 0 Å². The number of carbonyl (C=O) groups excluding carboxylic acids is 1. The van der Waals surface area contributed by atoms with E-state index in [2.05, 4.69) is 16.9 Å². The van der Waals surface area contributed by atoms with Crippen LogP contribution in [0.4, 0.5) is 5.82 Å². The van der Waals surface area contributed by atoms with E-state index in [-0.39, 0.29) is 5.91 Å². The maximum absolute atomic E-state index is 12.2. The molecule has 1 heterocycles. The van der Waals surface area contributed by atoms with Gasteiger partial charge in [0, 0.05) is 12.6 Å². The third-order valence-electron chi connectivity index (χ3n) is 2.89. The molecule has 92 valence electrons. The molecule has 2 rings (SSSR count). The second-order valence-electron chi connectivity index (χ2n) is 4.41. The van der Waals surface area contributed by atoms with Gasteiger partial charge in [-0.1, -0.05) is 13.3 Å². The first-order valence-electron chi connectivity index (χ1n) is 6.11. The minimum atomic E-state index is -0.0200. The fraction of sp³-hybridized carbons (Fsp3) is 0.583. The monoisotopic (exact) mass is 234 g/mol. The molecule has 2 N–H and O–H groups in total. The van der Waals surface area contributed by atoms with Crippen LogP contribution in [0.5, 0.6) is 0 Å². The molecule has 1 aromatic rings. The number of aromatic nitrogens is 2. The second kappa shape index (κ2) is 5.12. The van der Waals surface area contributed by atoms with Crippen molar-refractivity contribution in [1.82, 2.24) is 14.9 Å². The molecule has 0 spiro atoms. The number of carbonyl (C=O) groups is 1. The summed E-state index contributed by atoms with van der Waals surface area (Å²) in [6.07, 6.45) is 7.22. The van der Waals surface area contributed by atoms with Crippen LogP contribution in [0.25, 0.3) is 0 Å². The highest BCUT2D eigenvalue weighted by Gasteiger charge is 2.33. The number of unbranched alkanes of at least 4 members (excludes halogenated alkanes) is 1. The largest absolute Gasteiger partial charge is 0.382 e. The Kier molecular flexibility index (Phi) is 3.56. The van der Waals surface area contributed by atoms with Crippen LogP contribution in [0.2, 0.25) is 0 Å². The van der Waals surface area contributed by atoms with Gasteiger partial charge in [-0.2, -0.15) is 0 Å². The maximum Gasteiger partial charge on any atom is 0.274 e. The number of nitrogen functional groups attached to an aromatic ring is 1. The van der Waals surface area contributed by atoms with Crippen LogP contribution < -0.4 is 5.73 Å². The van der Waals surface area contributed by atoms with Gasteiger partial charge in [-0.3, -0.25) is 4.79 Å². The van der Waals surface area contributed by atoms with E-state index < -0.39 is 0 Å². The molecule has 5 nitrogen and oxygen atoms in total. The molecule has 0 aromatic carbocycles. The predicted octanol–water partition coefficient (Wildman–Crippen LogP) is 1.46. The van der Waals surface area contributed by atoms with E-state index >= 15 is 0 Å². The number of hydrogen-bond donors (Lipinski definition) is 1. The maximum atomic E-state index is 12.2. The Morgan fingerprint density at radius 1 is 1.47 bits per heavy atom. The van der Waals surface area contributed by atoms with Crippen molar-refractivity contribution >= 4 is 11.7 Å². The Hall–Kier alpha value is -1.65. The minimum Gasteiger partial charge on any atom is -0.382 e. The van der Waals surface area contributed by atoms with Gasteiger partial charge in [-0.25, -0.2) is 9.97 Å². The SMILES string of the molecule is CCCCN(C(=O)c1cnc(N)cn1)C1CC1. The highest BCUT2D eigenvalue weighted by atomic mass is 16.2. The molecule has 17 heavy (non-hydrogen) atoms. The summed E-state index contributed by atoms with van der Waals surface area (Å²) < 4.78 is 0. The molecule has 0 radical (unpaired) electrons. The summed E-state index contributed by atoms with van der Waals surface area (Å²) >= 11 is 0. The van der Waals surface area contributed by atoms with Gasteiger partial charge >= 0.3 is 0 Å². The molecule has 1 amide bonds. The van der Waals surface area contributed by atoms with Crippen molar-refractivity contribution in [3.8, 4) is 0 Å². The quantitative estimate of drug-likeness (QED) is 0.837. The van der Waals surface area contributed by atoms with Crippen LogP contribution in [-0.2, 0) is 0 Å². The number of nitrogens with two attached hydrogens (primary N) is 1. The van der Waals surface area contributed by atoms with Crippen molar-refractivity contribution in [3.05, 3.63) is 18.1 Å². The highest BCUT2D eigenvalue weighted by molar-refractivity contribution is 5.92. The molecule has 1 saturated carbocycles. The number of hydrogen-bond acceptors (Lipinski definition) is 4. The smallest absolute Gasteiger partial charge is 0.274 e. The van der Waals surface area contributed by atoms with Crippen LogP contribution in [0.15, 0.2) is 12.4 Å². The summed E-state index contributed by atoms with van der Waals surface area (Å²) in [4.78, 5) is 22.1. The Bertz CT molecular complexity index is 386. The molecule has 0 atom stereocenters. The normalized spacial score (nSPS) is 14.6. The molecule has 0 saturated heterocycles. The highest BCUT2D eigenvalue weighted by Crippen LogP contribution is 2.28. The van der Waals surface area contributed by atoms with Crippen LogP contribution >= 0.6 is 0 Å². The zero-order chi connectivity index (χ0) is 12.3. The zero-order valence-electron chi connectivity index (χ0n) is 10.1. The average molecular weight is 234 g/mol. The molecule has 0 aliphatic heterocycles. The van der Waals surface area contributed by atoms with E-state index in [4.69, 9.17) is 5.73 Å². The van der Waals surface area contributed by atoms with Crippen molar-refractivity contribution in [2.75, 3.05) is 12.3 Å². The molecule has 0 unspecified atom stereocenters.